The fraction of sp³-hybridized carbons (Fsp3) is 0.263. The van der Waals surface area contributed by atoms with E-state index in [0.29, 0.717) is 3.57 Å². The van der Waals surface area contributed by atoms with Gasteiger partial charge in [0.25, 0.3) is 0 Å². The van der Waals surface area contributed by atoms with Crippen LogP contribution in [-0.4, -0.2) is 54.3 Å². The number of benzene rings is 2. The number of nitrogens with zero attached hydrogens (tertiary/aromatic N) is 3. The molecule has 2 aromatic rings. The van der Waals surface area contributed by atoms with Crippen LogP contribution < -0.4 is 4.74 Å². The van der Waals surface area contributed by atoms with Gasteiger partial charge in [-0.05, 0) is 40.8 Å². The zero-order chi connectivity index (χ0) is 22.1. The molecule has 2 atom stereocenters. The molecule has 1 aliphatic rings. The van der Waals surface area contributed by atoms with Gasteiger partial charge in [0.05, 0.1) is 31.2 Å². The van der Waals surface area contributed by atoms with E-state index in [2.05, 4.69) is 9.69 Å². The molecule has 0 unspecified atom stereocenters. The van der Waals surface area contributed by atoms with Crippen molar-refractivity contribution >= 4 is 44.0 Å². The number of rotatable bonds is 5. The number of hydrogen-bond acceptors (Lipinski definition) is 5. The normalized spacial score (nSPS) is 21.7. The zero-order valence-electron chi connectivity index (χ0n) is 15.3. The molecule has 0 aromatic heterocycles. The average Bonchev–Trinajstić information content (AvgIpc) is 3.05. The molecule has 2 aromatic carbocycles. The summed E-state index contributed by atoms with van der Waals surface area (Å²) in [5.41, 5.74) is -2.21. The van der Waals surface area contributed by atoms with Crippen molar-refractivity contribution in [2.24, 2.45) is 0 Å². The van der Waals surface area contributed by atoms with Crippen LogP contribution in [0.3, 0.4) is 0 Å². The number of β-amino-alcohol motifs (C(OH)–C–C–N with tert-alkyl or cyclic N) is 1. The second-order valence-electron chi connectivity index (χ2n) is 6.61. The van der Waals surface area contributed by atoms with E-state index < -0.39 is 40.7 Å². The van der Waals surface area contributed by atoms with Crippen molar-refractivity contribution < 1.29 is 27.8 Å². The van der Waals surface area contributed by atoms with Crippen LogP contribution in [0.1, 0.15) is 0 Å². The molecule has 1 heterocycles. The Morgan fingerprint density at radius 1 is 1.23 bits per heavy atom. The van der Waals surface area contributed by atoms with Gasteiger partial charge in [-0.15, -0.1) is 0 Å². The molecule has 11 heteroatoms. The molecule has 30 heavy (non-hydrogen) atoms. The molecule has 1 saturated heterocycles. The predicted molar refractivity (Wildman–Crippen MR) is 113 cm³/mol. The molecule has 1 fully saturated rings. The van der Waals surface area contributed by atoms with Crippen molar-refractivity contribution in [2.75, 3.05) is 19.7 Å². The molecule has 0 bridgehead atoms. The first kappa shape index (κ1) is 22.4. The lowest BCUT2D eigenvalue weighted by atomic mass is 10.0. The van der Waals surface area contributed by atoms with Crippen molar-refractivity contribution in [3.05, 3.63) is 68.6 Å². The molecule has 0 spiro atoms. The van der Waals surface area contributed by atoms with Gasteiger partial charge in [-0.25, -0.2) is 22.5 Å². The minimum absolute atomic E-state index is 0.0212. The maximum atomic E-state index is 13.9. The molecule has 3 rings (SSSR count). The van der Waals surface area contributed by atoms with Gasteiger partial charge in [-0.3, -0.25) is 0 Å². The van der Waals surface area contributed by atoms with Crippen LogP contribution in [0.4, 0.5) is 15.8 Å². The number of aliphatic hydroxyl groups excluding tert-OH is 1. The fourth-order valence-corrected chi connectivity index (χ4v) is 5.15. The van der Waals surface area contributed by atoms with Gasteiger partial charge in [0.15, 0.2) is 0 Å². The Kier molecular flexibility index (Phi) is 6.31. The molecule has 8 nitrogen and oxygen atoms in total. The minimum atomic E-state index is -4.17. The summed E-state index contributed by atoms with van der Waals surface area (Å²) in [6.07, 6.45) is -1.20. The SMILES string of the molecule is [C-]#[N+]c1ccc(O[C@H]2CN(S(=O)(=O)c3ccc(I)cc3[N+]#[C-])C[C@@]2(O)CO)cc1F. The summed E-state index contributed by atoms with van der Waals surface area (Å²) in [6, 6.07) is 7.78. The first-order valence-corrected chi connectivity index (χ1v) is 11.0. The van der Waals surface area contributed by atoms with Crippen LogP contribution in [-0.2, 0) is 10.0 Å². The quantitative estimate of drug-likeness (QED) is 0.447. The third-order valence-corrected chi connectivity index (χ3v) is 7.20. The number of hydrogen-bond donors (Lipinski definition) is 2. The van der Waals surface area contributed by atoms with E-state index in [4.69, 9.17) is 17.9 Å². The summed E-state index contributed by atoms with van der Waals surface area (Å²) in [6.45, 7) is 12.5. The van der Waals surface area contributed by atoms with Crippen LogP contribution >= 0.6 is 22.6 Å². The Morgan fingerprint density at radius 2 is 1.93 bits per heavy atom. The summed E-state index contributed by atoms with van der Waals surface area (Å²) in [7, 11) is -4.17. The van der Waals surface area contributed by atoms with Crippen molar-refractivity contribution in [3.63, 3.8) is 0 Å². The van der Waals surface area contributed by atoms with E-state index >= 15 is 0 Å². The topological polar surface area (TPSA) is 95.8 Å². The lowest BCUT2D eigenvalue weighted by Crippen LogP contribution is -2.48. The predicted octanol–water partition coefficient (Wildman–Crippen LogP) is 2.71. The van der Waals surface area contributed by atoms with Crippen LogP contribution in [0.5, 0.6) is 5.75 Å². The molecule has 1 aliphatic heterocycles. The third-order valence-electron chi connectivity index (χ3n) is 4.67. The van der Waals surface area contributed by atoms with Crippen molar-refractivity contribution in [1.29, 1.82) is 0 Å². The molecule has 0 radical (unpaired) electrons. The lowest BCUT2D eigenvalue weighted by Gasteiger charge is -2.27. The first-order valence-electron chi connectivity index (χ1n) is 8.48. The molecule has 2 N–H and O–H groups in total. The highest BCUT2D eigenvalue weighted by atomic mass is 127. The number of ether oxygens (including phenoxy) is 1. The average molecular weight is 543 g/mol. The standard InChI is InChI=1S/C19H15FIN3O5S/c1-22-15-5-4-13(8-14(15)20)29-18-9-24(10-19(18,26)11-25)30(27,28)17-6-3-12(21)7-16(17)23-2/h3-8,18,25-26H,9-11H2/t18-,19+/m0/s1. The Balaban J connectivity index is 1.92. The van der Waals surface area contributed by atoms with Crippen molar-refractivity contribution in [1.82, 2.24) is 4.31 Å². The van der Waals surface area contributed by atoms with E-state index in [1.165, 1.54) is 24.3 Å². The number of aliphatic hydroxyl groups is 2. The van der Waals surface area contributed by atoms with E-state index in [1.807, 2.05) is 22.6 Å². The van der Waals surface area contributed by atoms with Gasteiger partial charge in [-0.1, -0.05) is 12.1 Å². The molecule has 0 amide bonds. The molecular weight excluding hydrogens is 528 g/mol. The maximum absolute atomic E-state index is 13.9. The van der Waals surface area contributed by atoms with Gasteiger partial charge in [0.1, 0.15) is 23.3 Å². The molecule has 156 valence electrons. The van der Waals surface area contributed by atoms with Crippen LogP contribution in [0.2, 0.25) is 0 Å². The molecule has 0 aliphatic carbocycles. The molecule has 0 saturated carbocycles. The van der Waals surface area contributed by atoms with Crippen LogP contribution in [0.25, 0.3) is 9.69 Å². The largest absolute Gasteiger partial charge is 0.486 e. The molecular formula is C19H15FIN3O5S. The maximum Gasteiger partial charge on any atom is 0.233 e. The summed E-state index contributed by atoms with van der Waals surface area (Å²) in [4.78, 5) is 6.06. The van der Waals surface area contributed by atoms with Crippen molar-refractivity contribution in [2.45, 2.75) is 16.6 Å². The monoisotopic (exact) mass is 543 g/mol. The van der Waals surface area contributed by atoms with Gasteiger partial charge in [0, 0.05) is 16.2 Å². The lowest BCUT2D eigenvalue weighted by molar-refractivity contribution is -0.0641. The number of sulfonamides is 1. The highest BCUT2D eigenvalue weighted by molar-refractivity contribution is 14.1. The second-order valence-corrected chi connectivity index (χ2v) is 9.77. The van der Waals surface area contributed by atoms with Gasteiger partial charge < -0.3 is 14.9 Å². The summed E-state index contributed by atoms with van der Waals surface area (Å²) >= 11 is 1.96. The van der Waals surface area contributed by atoms with E-state index in [-0.39, 0.29) is 28.6 Å². The highest BCUT2D eigenvalue weighted by Crippen LogP contribution is 2.35. The van der Waals surface area contributed by atoms with Gasteiger partial charge in [0.2, 0.25) is 21.4 Å². The van der Waals surface area contributed by atoms with E-state index in [0.717, 1.165) is 10.4 Å². The summed E-state index contributed by atoms with van der Waals surface area (Å²) in [5.74, 6) is -0.842. The minimum Gasteiger partial charge on any atom is -0.486 e. The first-order chi connectivity index (χ1) is 14.1. The smallest absolute Gasteiger partial charge is 0.233 e. The second kappa shape index (κ2) is 8.45. The van der Waals surface area contributed by atoms with Gasteiger partial charge >= 0.3 is 0 Å². The van der Waals surface area contributed by atoms with E-state index in [9.17, 15) is 23.0 Å². The summed E-state index contributed by atoms with van der Waals surface area (Å²) < 4.78 is 47.3. The number of halogens is 2. The Bertz CT molecular complexity index is 1180. The Hall–Kier alpha value is -2.29. The fourth-order valence-electron chi connectivity index (χ4n) is 3.06. The van der Waals surface area contributed by atoms with E-state index in [1.54, 1.807) is 6.07 Å². The Morgan fingerprint density at radius 3 is 2.53 bits per heavy atom. The van der Waals surface area contributed by atoms with Crippen LogP contribution in [0.15, 0.2) is 41.3 Å². The zero-order valence-corrected chi connectivity index (χ0v) is 18.3. The van der Waals surface area contributed by atoms with Gasteiger partial charge in [-0.2, -0.15) is 4.31 Å². The highest BCUT2D eigenvalue weighted by Gasteiger charge is 2.51. The van der Waals surface area contributed by atoms with Crippen molar-refractivity contribution in [3.8, 4) is 5.75 Å². The van der Waals surface area contributed by atoms with Crippen LogP contribution in [0, 0.1) is 22.5 Å². The third kappa shape index (κ3) is 4.12. The Labute approximate surface area is 186 Å². The summed E-state index contributed by atoms with van der Waals surface area (Å²) in [5, 5.41) is 20.4.